The standard InChI is InChI=1S/C33H35N3O3/c1-23(25-11-13-26(14-12-25)29-16-15-27(20-35-29)30(37)19-24-9-10-24)36-18-17-33(39-31(36)38,21-32(2,3)22-34)28-7-5-4-6-8-28/h4-8,11-16,20,23-24H,9-10,17-19,21H2,1-3H3/t23-,33-/m0/s1. The summed E-state index contributed by atoms with van der Waals surface area (Å²) in [5.41, 5.74) is 2.87. The van der Waals surface area contributed by atoms with Crippen molar-refractivity contribution in [2.45, 2.75) is 64.5 Å². The molecule has 1 aromatic heterocycles. The monoisotopic (exact) mass is 521 g/mol. The molecule has 2 aromatic carbocycles. The van der Waals surface area contributed by atoms with Crippen LogP contribution in [0, 0.1) is 22.7 Å². The molecule has 1 amide bonds. The van der Waals surface area contributed by atoms with Gasteiger partial charge in [-0.15, -0.1) is 0 Å². The summed E-state index contributed by atoms with van der Waals surface area (Å²) in [7, 11) is 0. The van der Waals surface area contributed by atoms with E-state index in [4.69, 9.17) is 4.74 Å². The third kappa shape index (κ3) is 5.88. The highest BCUT2D eigenvalue weighted by Gasteiger charge is 2.46. The minimum Gasteiger partial charge on any atom is -0.438 e. The molecule has 39 heavy (non-hydrogen) atoms. The Morgan fingerprint density at radius 2 is 1.85 bits per heavy atom. The van der Waals surface area contributed by atoms with Gasteiger partial charge in [0, 0.05) is 43.1 Å². The van der Waals surface area contributed by atoms with Gasteiger partial charge in [-0.2, -0.15) is 5.26 Å². The van der Waals surface area contributed by atoms with Crippen LogP contribution in [-0.4, -0.2) is 28.3 Å². The predicted molar refractivity (Wildman–Crippen MR) is 150 cm³/mol. The lowest BCUT2D eigenvalue weighted by atomic mass is 9.75. The molecule has 0 unspecified atom stereocenters. The first kappa shape index (κ1) is 26.6. The van der Waals surface area contributed by atoms with E-state index in [2.05, 4.69) is 11.1 Å². The fourth-order valence-corrected chi connectivity index (χ4v) is 5.49. The van der Waals surface area contributed by atoms with Crippen LogP contribution in [0.2, 0.25) is 0 Å². The molecule has 1 aliphatic carbocycles. The number of benzene rings is 2. The molecule has 1 aliphatic heterocycles. The maximum Gasteiger partial charge on any atom is 0.411 e. The molecule has 0 radical (unpaired) electrons. The molecule has 200 valence electrons. The molecule has 2 atom stereocenters. The van der Waals surface area contributed by atoms with Crippen LogP contribution in [0.3, 0.4) is 0 Å². The van der Waals surface area contributed by atoms with E-state index in [-0.39, 0.29) is 17.9 Å². The van der Waals surface area contributed by atoms with Gasteiger partial charge < -0.3 is 9.64 Å². The van der Waals surface area contributed by atoms with Crippen LogP contribution in [0.4, 0.5) is 4.79 Å². The zero-order valence-electron chi connectivity index (χ0n) is 22.9. The van der Waals surface area contributed by atoms with Gasteiger partial charge in [-0.05, 0) is 62.8 Å². The van der Waals surface area contributed by atoms with Gasteiger partial charge in [0.25, 0.3) is 0 Å². The summed E-state index contributed by atoms with van der Waals surface area (Å²) < 4.78 is 6.20. The van der Waals surface area contributed by atoms with Crippen molar-refractivity contribution in [3.8, 4) is 17.3 Å². The fraction of sp³-hybridized carbons (Fsp3) is 0.394. The Hall–Kier alpha value is -3.98. The van der Waals surface area contributed by atoms with E-state index in [1.54, 1.807) is 11.1 Å². The first-order valence-corrected chi connectivity index (χ1v) is 13.8. The van der Waals surface area contributed by atoms with Crippen molar-refractivity contribution in [3.05, 3.63) is 89.6 Å². The number of cyclic esters (lactones) is 1. The van der Waals surface area contributed by atoms with Crippen LogP contribution in [0.5, 0.6) is 0 Å². The quantitative estimate of drug-likeness (QED) is 0.273. The molecule has 6 nitrogen and oxygen atoms in total. The predicted octanol–water partition coefficient (Wildman–Crippen LogP) is 7.47. The minimum absolute atomic E-state index is 0.168. The summed E-state index contributed by atoms with van der Waals surface area (Å²) >= 11 is 0. The van der Waals surface area contributed by atoms with Crippen molar-refractivity contribution in [3.63, 3.8) is 0 Å². The van der Waals surface area contributed by atoms with Crippen LogP contribution in [0.1, 0.15) is 80.4 Å². The van der Waals surface area contributed by atoms with E-state index in [1.165, 1.54) is 0 Å². The zero-order chi connectivity index (χ0) is 27.6. The molecule has 2 heterocycles. The third-order valence-corrected chi connectivity index (χ3v) is 8.02. The number of Topliss-reactive ketones (excluding diaryl/α,β-unsaturated/α-hetero) is 1. The summed E-state index contributed by atoms with van der Waals surface area (Å²) in [5.74, 6) is 0.727. The normalized spacial score (nSPS) is 20.2. The Morgan fingerprint density at radius 1 is 1.13 bits per heavy atom. The van der Waals surface area contributed by atoms with E-state index in [0.29, 0.717) is 37.3 Å². The van der Waals surface area contributed by atoms with Crippen LogP contribution in [0.25, 0.3) is 11.3 Å². The molecule has 0 N–H and O–H groups in total. The average molecular weight is 522 g/mol. The largest absolute Gasteiger partial charge is 0.438 e. The van der Waals surface area contributed by atoms with Crippen molar-refractivity contribution < 1.29 is 14.3 Å². The van der Waals surface area contributed by atoms with Gasteiger partial charge in [0.2, 0.25) is 0 Å². The molecule has 2 fully saturated rings. The minimum atomic E-state index is -0.838. The van der Waals surface area contributed by atoms with Crippen LogP contribution in [-0.2, 0) is 10.3 Å². The molecule has 6 heteroatoms. The highest BCUT2D eigenvalue weighted by molar-refractivity contribution is 5.96. The van der Waals surface area contributed by atoms with Crippen molar-refractivity contribution >= 4 is 11.9 Å². The highest BCUT2D eigenvalue weighted by atomic mass is 16.6. The maximum absolute atomic E-state index is 13.4. The Balaban J connectivity index is 1.28. The van der Waals surface area contributed by atoms with E-state index in [0.717, 1.165) is 35.2 Å². The number of hydrogen-bond acceptors (Lipinski definition) is 5. The molecule has 5 rings (SSSR count). The molecule has 0 bridgehead atoms. The lowest BCUT2D eigenvalue weighted by Gasteiger charge is -2.45. The van der Waals surface area contributed by atoms with E-state index < -0.39 is 11.0 Å². The van der Waals surface area contributed by atoms with Gasteiger partial charge in [0.1, 0.15) is 5.60 Å². The number of carbonyl (C=O) groups excluding carboxylic acids is 2. The second-order valence-corrected chi connectivity index (χ2v) is 11.6. The number of carbonyl (C=O) groups is 2. The second kappa shape index (κ2) is 10.6. The molecule has 2 aliphatic rings. The molecular formula is C33H35N3O3. The number of aromatic nitrogens is 1. The van der Waals surface area contributed by atoms with Gasteiger partial charge in [-0.25, -0.2) is 4.79 Å². The second-order valence-electron chi connectivity index (χ2n) is 11.6. The smallest absolute Gasteiger partial charge is 0.411 e. The zero-order valence-corrected chi connectivity index (χ0v) is 22.9. The average Bonchev–Trinajstić information content (AvgIpc) is 3.77. The van der Waals surface area contributed by atoms with Crippen molar-refractivity contribution in [1.82, 2.24) is 9.88 Å². The number of hydrogen-bond donors (Lipinski definition) is 0. The first-order chi connectivity index (χ1) is 18.7. The summed E-state index contributed by atoms with van der Waals surface area (Å²) in [5, 5.41) is 9.70. The Kier molecular flexibility index (Phi) is 7.27. The number of nitrogens with zero attached hydrogens (tertiary/aromatic N) is 3. The van der Waals surface area contributed by atoms with Gasteiger partial charge in [0.15, 0.2) is 5.78 Å². The molecule has 0 spiro atoms. The van der Waals surface area contributed by atoms with E-state index in [9.17, 15) is 14.9 Å². The van der Waals surface area contributed by atoms with Gasteiger partial charge in [0.05, 0.1) is 23.2 Å². The molecule has 1 saturated carbocycles. The Morgan fingerprint density at radius 3 is 2.44 bits per heavy atom. The van der Waals surface area contributed by atoms with Crippen molar-refractivity contribution in [1.29, 1.82) is 5.26 Å². The summed E-state index contributed by atoms with van der Waals surface area (Å²) in [6, 6.07) is 23.7. The van der Waals surface area contributed by atoms with E-state index in [1.807, 2.05) is 87.5 Å². The summed E-state index contributed by atoms with van der Waals surface area (Å²) in [4.78, 5) is 32.0. The summed E-state index contributed by atoms with van der Waals surface area (Å²) in [6.07, 6.45) is 5.27. The molecule has 3 aromatic rings. The van der Waals surface area contributed by atoms with Crippen LogP contribution < -0.4 is 0 Å². The number of ketones is 1. The SMILES string of the molecule is C[C@@H](c1ccc(-c2ccc(C(=O)CC3CC3)cn2)cc1)N1CC[C@](CC(C)(C)C#N)(c2ccccc2)OC1=O. The lowest BCUT2D eigenvalue weighted by Crippen LogP contribution is -2.50. The van der Waals surface area contributed by atoms with E-state index >= 15 is 0 Å². The van der Waals surface area contributed by atoms with Crippen molar-refractivity contribution in [2.24, 2.45) is 11.3 Å². The van der Waals surface area contributed by atoms with Gasteiger partial charge in [-0.3, -0.25) is 9.78 Å². The fourth-order valence-electron chi connectivity index (χ4n) is 5.49. The summed E-state index contributed by atoms with van der Waals surface area (Å²) in [6.45, 7) is 6.30. The van der Waals surface area contributed by atoms with Gasteiger partial charge in [-0.1, -0.05) is 54.6 Å². The number of rotatable bonds is 9. The number of pyridine rings is 1. The first-order valence-electron chi connectivity index (χ1n) is 13.8. The molecule has 1 saturated heterocycles. The van der Waals surface area contributed by atoms with Crippen molar-refractivity contribution in [2.75, 3.05) is 6.54 Å². The molecular weight excluding hydrogens is 486 g/mol. The van der Waals surface area contributed by atoms with Gasteiger partial charge >= 0.3 is 6.09 Å². The Labute approximate surface area is 230 Å². The maximum atomic E-state index is 13.4. The lowest BCUT2D eigenvalue weighted by molar-refractivity contribution is -0.0770. The third-order valence-electron chi connectivity index (χ3n) is 8.02. The van der Waals surface area contributed by atoms with Crippen LogP contribution >= 0.6 is 0 Å². The number of nitriles is 1. The highest BCUT2D eigenvalue weighted by Crippen LogP contribution is 2.44. The Bertz CT molecular complexity index is 1370. The van der Waals surface area contributed by atoms with Crippen LogP contribution in [0.15, 0.2) is 72.9 Å². The topological polar surface area (TPSA) is 83.3 Å². The number of amides is 1. The number of ether oxygens (including phenoxy) is 1.